The second-order valence-corrected chi connectivity index (χ2v) is 9.12. The van der Waals surface area contributed by atoms with E-state index >= 15 is 0 Å². The maximum Gasteiger partial charge on any atom is 0.289 e. The molecule has 28 heavy (non-hydrogen) atoms. The lowest BCUT2D eigenvalue weighted by atomic mass is 10.0. The van der Waals surface area contributed by atoms with E-state index < -0.39 is 10.0 Å². The van der Waals surface area contributed by atoms with Crippen molar-refractivity contribution in [3.8, 4) is 0 Å². The van der Waals surface area contributed by atoms with Crippen LogP contribution in [-0.4, -0.2) is 60.7 Å². The summed E-state index contributed by atoms with van der Waals surface area (Å²) in [6.45, 7) is 2.44. The van der Waals surface area contributed by atoms with Gasteiger partial charge in [0.25, 0.3) is 5.91 Å². The minimum absolute atomic E-state index is 0.0851. The second kappa shape index (κ2) is 7.92. The number of nitrogens with zero attached hydrogens (tertiary/aromatic N) is 3. The number of hydrogen-bond donors (Lipinski definition) is 1. The van der Waals surface area contributed by atoms with E-state index in [1.807, 2.05) is 0 Å². The quantitative estimate of drug-likeness (QED) is 0.821. The van der Waals surface area contributed by atoms with Crippen molar-refractivity contribution in [3.05, 3.63) is 42.5 Å². The number of anilines is 1. The molecule has 1 amide bonds. The lowest BCUT2D eigenvalue weighted by Gasteiger charge is -2.32. The van der Waals surface area contributed by atoms with Gasteiger partial charge in [-0.2, -0.15) is 4.31 Å². The molecule has 4 heterocycles. The van der Waals surface area contributed by atoms with Gasteiger partial charge in [0.05, 0.1) is 6.26 Å². The second-order valence-electron chi connectivity index (χ2n) is 7.18. The third kappa shape index (κ3) is 3.90. The predicted octanol–water partition coefficient (Wildman–Crippen LogP) is 2.18. The van der Waals surface area contributed by atoms with Gasteiger partial charge in [-0.25, -0.2) is 13.4 Å². The third-order valence-electron chi connectivity index (χ3n) is 5.31. The molecule has 2 aliphatic rings. The van der Waals surface area contributed by atoms with Gasteiger partial charge < -0.3 is 14.6 Å². The van der Waals surface area contributed by atoms with E-state index in [-0.39, 0.29) is 16.8 Å². The number of amides is 1. The van der Waals surface area contributed by atoms with E-state index in [1.54, 1.807) is 29.2 Å². The van der Waals surface area contributed by atoms with Gasteiger partial charge in [-0.1, -0.05) is 0 Å². The molecule has 2 aromatic heterocycles. The first kappa shape index (κ1) is 18.9. The molecule has 2 fully saturated rings. The van der Waals surface area contributed by atoms with Gasteiger partial charge in [0.15, 0.2) is 5.76 Å². The summed E-state index contributed by atoms with van der Waals surface area (Å²) in [4.78, 5) is 18.6. The van der Waals surface area contributed by atoms with Gasteiger partial charge in [0.2, 0.25) is 10.0 Å². The number of aromatic nitrogens is 1. The number of sulfonamides is 1. The van der Waals surface area contributed by atoms with E-state index in [4.69, 9.17) is 4.42 Å². The van der Waals surface area contributed by atoms with Crippen LogP contribution in [0.4, 0.5) is 5.82 Å². The molecule has 0 atom stereocenters. The first-order valence-corrected chi connectivity index (χ1v) is 11.0. The van der Waals surface area contributed by atoms with E-state index in [9.17, 15) is 13.2 Å². The first-order chi connectivity index (χ1) is 13.5. The van der Waals surface area contributed by atoms with Crippen LogP contribution < -0.4 is 5.32 Å². The highest BCUT2D eigenvalue weighted by molar-refractivity contribution is 7.89. The summed E-state index contributed by atoms with van der Waals surface area (Å²) in [5.74, 6) is 0.928. The Hall–Kier alpha value is -2.39. The number of carbonyl (C=O) groups is 1. The number of furan rings is 1. The molecule has 9 heteroatoms. The van der Waals surface area contributed by atoms with Gasteiger partial charge in [-0.3, -0.25) is 4.79 Å². The zero-order valence-electron chi connectivity index (χ0n) is 15.6. The molecule has 2 aromatic rings. The number of piperidine rings is 1. The van der Waals surface area contributed by atoms with Crippen molar-refractivity contribution in [1.82, 2.24) is 14.2 Å². The van der Waals surface area contributed by atoms with Crippen molar-refractivity contribution in [1.29, 1.82) is 0 Å². The lowest BCUT2D eigenvalue weighted by molar-refractivity contribution is 0.0686. The summed E-state index contributed by atoms with van der Waals surface area (Å²) < 4.78 is 31.8. The van der Waals surface area contributed by atoms with Crippen LogP contribution in [0.5, 0.6) is 0 Å². The number of carbonyl (C=O) groups excluding carboxylic acids is 1. The fourth-order valence-corrected chi connectivity index (χ4v) is 5.15. The predicted molar refractivity (Wildman–Crippen MR) is 103 cm³/mol. The maximum atomic E-state index is 12.6. The molecule has 150 valence electrons. The smallest absolute Gasteiger partial charge is 0.289 e. The van der Waals surface area contributed by atoms with Gasteiger partial charge in [0.1, 0.15) is 10.7 Å². The highest BCUT2D eigenvalue weighted by Gasteiger charge is 2.28. The van der Waals surface area contributed by atoms with Crippen molar-refractivity contribution < 1.29 is 17.6 Å². The molecule has 2 aliphatic heterocycles. The minimum Gasteiger partial charge on any atom is -0.459 e. The topological polar surface area (TPSA) is 95.8 Å². The Bertz CT molecular complexity index is 898. The van der Waals surface area contributed by atoms with Gasteiger partial charge >= 0.3 is 0 Å². The van der Waals surface area contributed by atoms with Crippen LogP contribution >= 0.6 is 0 Å². The first-order valence-electron chi connectivity index (χ1n) is 9.59. The molecule has 4 rings (SSSR count). The summed E-state index contributed by atoms with van der Waals surface area (Å²) in [5, 5.41) is 3.34. The van der Waals surface area contributed by atoms with Crippen LogP contribution in [0.1, 0.15) is 36.2 Å². The van der Waals surface area contributed by atoms with Crippen LogP contribution in [0.15, 0.2) is 46.0 Å². The van der Waals surface area contributed by atoms with Crippen LogP contribution in [0.25, 0.3) is 0 Å². The zero-order chi connectivity index (χ0) is 19.6. The number of likely N-dealkylation sites (tertiary alicyclic amines) is 1. The third-order valence-corrected chi connectivity index (χ3v) is 7.19. The van der Waals surface area contributed by atoms with Gasteiger partial charge in [0, 0.05) is 38.4 Å². The van der Waals surface area contributed by atoms with Crippen LogP contribution in [0.3, 0.4) is 0 Å². The summed E-state index contributed by atoms with van der Waals surface area (Å²) in [7, 11) is -3.44. The van der Waals surface area contributed by atoms with Gasteiger partial charge in [-0.15, -0.1) is 0 Å². The molecule has 0 saturated carbocycles. The Morgan fingerprint density at radius 3 is 2.46 bits per heavy atom. The Morgan fingerprint density at radius 2 is 1.86 bits per heavy atom. The zero-order valence-corrected chi connectivity index (χ0v) is 16.4. The van der Waals surface area contributed by atoms with Gasteiger partial charge in [-0.05, 0) is 49.9 Å². The summed E-state index contributed by atoms with van der Waals surface area (Å²) in [6, 6.07) is 6.89. The number of nitrogens with one attached hydrogen (secondary N) is 1. The molecule has 0 bridgehead atoms. The van der Waals surface area contributed by atoms with E-state index in [2.05, 4.69) is 10.3 Å². The summed E-state index contributed by atoms with van der Waals surface area (Å²) in [5.41, 5.74) is 0. The molecule has 1 N–H and O–H groups in total. The average Bonchev–Trinajstić information content (AvgIpc) is 3.43. The molecule has 0 radical (unpaired) electrons. The standard InChI is InChI=1S/C19H24N4O4S/c24-19(17-4-3-13-27-17)22-11-7-15(8-12-22)21-18-6-5-16(14-20-18)28(25,26)23-9-1-2-10-23/h3-6,13-15H,1-2,7-12H2,(H,20,21). The number of pyridine rings is 1. The summed E-state index contributed by atoms with van der Waals surface area (Å²) in [6.07, 6.45) is 6.33. The molecular formula is C19H24N4O4S. The normalized spacial score (nSPS) is 19.1. The SMILES string of the molecule is O=C(c1ccco1)N1CCC(Nc2ccc(S(=O)(=O)N3CCCC3)cn2)CC1. The maximum absolute atomic E-state index is 12.6. The van der Waals surface area contributed by atoms with Crippen molar-refractivity contribution in [2.24, 2.45) is 0 Å². The molecule has 0 aliphatic carbocycles. The Morgan fingerprint density at radius 1 is 1.11 bits per heavy atom. The van der Waals surface area contributed by atoms with E-state index in [0.717, 1.165) is 25.7 Å². The summed E-state index contributed by atoms with van der Waals surface area (Å²) >= 11 is 0. The molecule has 0 aromatic carbocycles. The molecule has 8 nitrogen and oxygen atoms in total. The molecular weight excluding hydrogens is 380 g/mol. The lowest BCUT2D eigenvalue weighted by Crippen LogP contribution is -2.42. The van der Waals surface area contributed by atoms with Crippen molar-refractivity contribution in [2.75, 3.05) is 31.5 Å². The molecule has 2 saturated heterocycles. The minimum atomic E-state index is -3.44. The van der Waals surface area contributed by atoms with Crippen molar-refractivity contribution in [2.45, 2.75) is 36.6 Å². The van der Waals surface area contributed by atoms with Crippen molar-refractivity contribution >= 4 is 21.7 Å². The van der Waals surface area contributed by atoms with Crippen LogP contribution in [0, 0.1) is 0 Å². The van der Waals surface area contributed by atoms with Crippen LogP contribution in [0.2, 0.25) is 0 Å². The number of hydrogen-bond acceptors (Lipinski definition) is 6. The number of rotatable bonds is 5. The Balaban J connectivity index is 1.32. The molecule has 0 unspecified atom stereocenters. The largest absolute Gasteiger partial charge is 0.459 e. The average molecular weight is 404 g/mol. The van der Waals surface area contributed by atoms with Crippen molar-refractivity contribution in [3.63, 3.8) is 0 Å². The van der Waals surface area contributed by atoms with E-state index in [0.29, 0.717) is 37.8 Å². The Labute approximate surface area is 164 Å². The van der Waals surface area contributed by atoms with Crippen LogP contribution in [-0.2, 0) is 10.0 Å². The Kier molecular flexibility index (Phi) is 5.36. The highest BCUT2D eigenvalue weighted by Crippen LogP contribution is 2.22. The fourth-order valence-electron chi connectivity index (χ4n) is 3.69. The monoisotopic (exact) mass is 404 g/mol. The fraction of sp³-hybridized carbons (Fsp3) is 0.474. The highest BCUT2D eigenvalue weighted by atomic mass is 32.2. The van der Waals surface area contributed by atoms with E-state index in [1.165, 1.54) is 16.8 Å². The molecule has 0 spiro atoms.